The fourth-order valence-corrected chi connectivity index (χ4v) is 2.55. The van der Waals surface area contributed by atoms with Crippen molar-refractivity contribution in [3.05, 3.63) is 47.6 Å². The minimum absolute atomic E-state index is 0. The molecule has 0 saturated heterocycles. The molecule has 0 aliphatic rings. The van der Waals surface area contributed by atoms with E-state index < -0.39 is 0 Å². The summed E-state index contributed by atoms with van der Waals surface area (Å²) in [7, 11) is 0. The summed E-state index contributed by atoms with van der Waals surface area (Å²) in [6, 6.07) is 0. The van der Waals surface area contributed by atoms with Gasteiger partial charge in [-0.2, -0.15) is 0 Å². The summed E-state index contributed by atoms with van der Waals surface area (Å²) in [6.07, 6.45) is 7.10. The summed E-state index contributed by atoms with van der Waals surface area (Å²) < 4.78 is 0. The third-order valence-electron chi connectivity index (χ3n) is 3.88. The molecule has 2 aromatic rings. The summed E-state index contributed by atoms with van der Waals surface area (Å²) in [4.78, 5) is 16.7. The van der Waals surface area contributed by atoms with Gasteiger partial charge in [-0.25, -0.2) is 19.9 Å². The van der Waals surface area contributed by atoms with Gasteiger partial charge in [-0.05, 0) is 34.8 Å². The fourth-order valence-electron chi connectivity index (χ4n) is 2.55. The Balaban J connectivity index is -0.000000183. The van der Waals surface area contributed by atoms with E-state index in [0.29, 0.717) is 23.7 Å². The second kappa shape index (κ2) is 20.4. The minimum Gasteiger partial charge on any atom is -0.245 e. The van der Waals surface area contributed by atoms with Crippen molar-refractivity contribution in [3.63, 3.8) is 0 Å². The normalized spacial score (nSPS) is 9.33. The molecule has 2 rings (SSSR count). The molecule has 2 heterocycles. The molecule has 2 aromatic heterocycles. The van der Waals surface area contributed by atoms with Crippen molar-refractivity contribution in [1.29, 1.82) is 0 Å². The lowest BCUT2D eigenvalue weighted by atomic mass is 9.97. The van der Waals surface area contributed by atoms with Crippen molar-refractivity contribution in [3.8, 4) is 0 Å². The highest BCUT2D eigenvalue weighted by Gasteiger charge is 2.11. The highest BCUT2D eigenvalue weighted by Crippen LogP contribution is 2.23. The van der Waals surface area contributed by atoms with Gasteiger partial charge in [0.25, 0.3) is 0 Å². The monoisotopic (exact) mass is 420 g/mol. The maximum Gasteiger partial charge on any atom is 0.115 e. The summed E-state index contributed by atoms with van der Waals surface area (Å²) in [5.41, 5.74) is 4.90. The first kappa shape index (κ1) is 35.6. The van der Waals surface area contributed by atoms with Crippen LogP contribution in [0.25, 0.3) is 0 Å². The smallest absolute Gasteiger partial charge is 0.115 e. The Kier molecular flexibility index (Phi) is 24.2. The molecule has 0 spiro atoms. The van der Waals surface area contributed by atoms with Crippen LogP contribution in [0.2, 0.25) is 0 Å². The molecular weight excluding hydrogens is 368 g/mol. The summed E-state index contributed by atoms with van der Waals surface area (Å²) in [5.74, 6) is 2.02. The fraction of sp³-hybridized carbons (Fsp3) is 0.692. The second-order valence-corrected chi connectivity index (χ2v) is 7.35. The average molecular weight is 421 g/mol. The predicted octanol–water partition coefficient (Wildman–Crippen LogP) is 8.77. The Morgan fingerprint density at radius 3 is 0.933 bits per heavy atom. The lowest BCUT2D eigenvalue weighted by Gasteiger charge is -2.12. The van der Waals surface area contributed by atoms with E-state index in [9.17, 15) is 0 Å². The first-order valence-electron chi connectivity index (χ1n) is 10.8. The zero-order chi connectivity index (χ0) is 22.3. The lowest BCUT2D eigenvalue weighted by Crippen LogP contribution is -2.02. The zero-order valence-electron chi connectivity index (χ0n) is 20.4. The zero-order valence-corrected chi connectivity index (χ0v) is 20.4. The van der Waals surface area contributed by atoms with Crippen molar-refractivity contribution in [1.82, 2.24) is 19.9 Å². The molecule has 176 valence electrons. The molecule has 0 aliphatic carbocycles. The van der Waals surface area contributed by atoms with Crippen molar-refractivity contribution >= 4 is 0 Å². The van der Waals surface area contributed by atoms with Crippen LogP contribution in [-0.2, 0) is 0 Å². The first-order chi connectivity index (χ1) is 13.3. The van der Waals surface area contributed by atoms with Crippen LogP contribution in [0.3, 0.4) is 0 Å². The van der Waals surface area contributed by atoms with Crippen LogP contribution in [0.15, 0.2) is 25.0 Å². The van der Waals surface area contributed by atoms with Gasteiger partial charge in [0, 0.05) is 23.8 Å². The van der Waals surface area contributed by atoms with Gasteiger partial charge in [0.1, 0.15) is 12.7 Å². The van der Waals surface area contributed by atoms with Crippen molar-refractivity contribution in [2.45, 2.75) is 122 Å². The number of hydrogen-bond donors (Lipinski definition) is 0. The molecule has 30 heavy (non-hydrogen) atoms. The molecule has 4 nitrogen and oxygen atoms in total. The molecule has 0 N–H and O–H groups in total. The van der Waals surface area contributed by atoms with Gasteiger partial charge >= 0.3 is 0 Å². The van der Waals surface area contributed by atoms with Gasteiger partial charge < -0.3 is 0 Å². The summed E-state index contributed by atoms with van der Waals surface area (Å²) in [6.45, 7) is 25.3. The van der Waals surface area contributed by atoms with Gasteiger partial charge in [-0.15, -0.1) is 0 Å². The van der Waals surface area contributed by atoms with Crippen molar-refractivity contribution < 1.29 is 0 Å². The van der Waals surface area contributed by atoms with Crippen LogP contribution >= 0.6 is 0 Å². The molecule has 0 unspecified atom stereocenters. The second-order valence-electron chi connectivity index (χ2n) is 7.35. The van der Waals surface area contributed by atoms with Crippen LogP contribution in [0, 0.1) is 0 Å². The number of hydrogen-bond acceptors (Lipinski definition) is 4. The molecule has 0 amide bonds. The summed E-state index contributed by atoms with van der Waals surface area (Å²) in [5, 5.41) is 0. The molecule has 0 radical (unpaired) electrons. The first-order valence-corrected chi connectivity index (χ1v) is 10.8. The van der Waals surface area contributed by atoms with Crippen molar-refractivity contribution in [2.24, 2.45) is 0 Å². The summed E-state index contributed by atoms with van der Waals surface area (Å²) >= 11 is 0. The maximum atomic E-state index is 4.29. The van der Waals surface area contributed by atoms with E-state index in [-0.39, 0.29) is 14.9 Å². The van der Waals surface area contributed by atoms with Crippen LogP contribution in [-0.4, -0.2) is 19.9 Å². The van der Waals surface area contributed by atoms with E-state index in [4.69, 9.17) is 0 Å². The van der Waals surface area contributed by atoms with Crippen LogP contribution in [0.4, 0.5) is 0 Å². The van der Waals surface area contributed by atoms with E-state index >= 15 is 0 Å². The van der Waals surface area contributed by atoms with E-state index in [1.54, 1.807) is 12.7 Å². The Labute approximate surface area is 189 Å². The van der Waals surface area contributed by atoms with Crippen molar-refractivity contribution in [2.75, 3.05) is 0 Å². The maximum absolute atomic E-state index is 4.29. The molecule has 0 atom stereocenters. The minimum atomic E-state index is 0. The molecular formula is C26H52N4. The predicted molar refractivity (Wildman–Crippen MR) is 137 cm³/mol. The van der Waals surface area contributed by atoms with Gasteiger partial charge in [0.15, 0.2) is 0 Å². The van der Waals surface area contributed by atoms with Gasteiger partial charge in [-0.1, -0.05) is 97.9 Å². The third-order valence-corrected chi connectivity index (χ3v) is 3.88. The third kappa shape index (κ3) is 12.7. The lowest BCUT2D eigenvalue weighted by molar-refractivity contribution is 0.746. The number of nitrogens with zero attached hydrogens (tertiary/aromatic N) is 4. The van der Waals surface area contributed by atoms with E-state index in [0.717, 1.165) is 0 Å². The Morgan fingerprint density at radius 2 is 0.767 bits per heavy atom. The van der Waals surface area contributed by atoms with Gasteiger partial charge in [0.2, 0.25) is 0 Å². The molecule has 0 bridgehead atoms. The molecule has 0 aromatic carbocycles. The SMILES string of the molecule is C.C.CC.CC.CC(C)c1cncnc1C(C)C.CC(C)c1cncnc1C(C)C. The Morgan fingerprint density at radius 1 is 0.500 bits per heavy atom. The van der Waals surface area contributed by atoms with E-state index in [1.165, 1.54) is 22.5 Å². The average Bonchev–Trinajstić information content (AvgIpc) is 2.71. The number of rotatable bonds is 4. The van der Waals surface area contributed by atoms with Crippen LogP contribution < -0.4 is 0 Å². The largest absolute Gasteiger partial charge is 0.245 e. The Hall–Kier alpha value is -1.84. The van der Waals surface area contributed by atoms with E-state index in [1.807, 2.05) is 40.1 Å². The quantitative estimate of drug-likeness (QED) is 0.496. The number of aromatic nitrogens is 4. The highest BCUT2D eigenvalue weighted by molar-refractivity contribution is 5.23. The van der Waals surface area contributed by atoms with Gasteiger partial charge in [0.05, 0.1) is 0 Å². The Bertz CT molecular complexity index is 510. The topological polar surface area (TPSA) is 51.6 Å². The van der Waals surface area contributed by atoms with Crippen LogP contribution in [0.5, 0.6) is 0 Å². The highest BCUT2D eigenvalue weighted by atomic mass is 14.8. The van der Waals surface area contributed by atoms with E-state index in [2.05, 4.69) is 75.3 Å². The standard InChI is InChI=1S/2C10H16N2.2C2H6.2CH4/c2*1-7(2)9-5-11-6-12-10(9)8(3)4;2*1-2;;/h2*5-8H,1-4H3;2*1-2H3;2*1H4. The molecule has 0 aliphatic heterocycles. The molecule has 4 heteroatoms. The van der Waals surface area contributed by atoms with Crippen LogP contribution in [0.1, 0.15) is 144 Å². The molecule has 0 saturated carbocycles. The molecule has 0 fully saturated rings. The van der Waals surface area contributed by atoms with Gasteiger partial charge in [-0.3, -0.25) is 0 Å².